The molecule has 0 amide bonds. The predicted molar refractivity (Wildman–Crippen MR) is 120 cm³/mol. The normalized spacial score (nSPS) is 23.4. The maximum absolute atomic E-state index is 13.1. The molecule has 1 aromatic rings. The largest absolute Gasteiger partial charge is 0.357 e. The van der Waals surface area contributed by atoms with E-state index in [0.717, 1.165) is 43.8 Å². The van der Waals surface area contributed by atoms with Gasteiger partial charge in [0.05, 0.1) is 11.4 Å². The first-order valence-corrected chi connectivity index (χ1v) is 11.1. The number of nitrogens with one attached hydrogen (secondary N) is 2. The van der Waals surface area contributed by atoms with E-state index in [1.165, 1.54) is 0 Å². The summed E-state index contributed by atoms with van der Waals surface area (Å²) in [6.07, 6.45) is 4.14. The molecule has 1 heterocycles. The van der Waals surface area contributed by atoms with Gasteiger partial charge in [-0.3, -0.25) is 0 Å². The number of guanidine groups is 1. The zero-order valence-corrected chi connectivity index (χ0v) is 19.3. The van der Waals surface area contributed by atoms with Crippen LogP contribution in [0.4, 0.5) is 0 Å². The smallest absolute Gasteiger partial charge is 0.243 e. The zero-order chi connectivity index (χ0) is 18.6. The summed E-state index contributed by atoms with van der Waals surface area (Å²) in [6, 6.07) is 7.71. The molecule has 6 nitrogen and oxygen atoms in total. The lowest BCUT2D eigenvalue weighted by molar-refractivity contribution is 0.346. The molecule has 1 aliphatic carbocycles. The van der Waals surface area contributed by atoms with E-state index in [1.807, 2.05) is 19.1 Å². The fourth-order valence-electron chi connectivity index (χ4n) is 3.31. The minimum absolute atomic E-state index is 0. The van der Waals surface area contributed by atoms with E-state index in [2.05, 4.69) is 22.5 Å². The molecule has 8 heteroatoms. The molecule has 1 saturated carbocycles. The lowest BCUT2D eigenvalue weighted by Crippen LogP contribution is -2.39. The van der Waals surface area contributed by atoms with Gasteiger partial charge in [-0.25, -0.2) is 13.4 Å². The fourth-order valence-corrected chi connectivity index (χ4v) is 5.05. The molecule has 1 aliphatic heterocycles. The second kappa shape index (κ2) is 10.1. The van der Waals surface area contributed by atoms with E-state index in [9.17, 15) is 8.42 Å². The highest BCUT2D eigenvalue weighted by atomic mass is 127. The minimum Gasteiger partial charge on any atom is -0.357 e. The van der Waals surface area contributed by atoms with E-state index in [0.29, 0.717) is 36.5 Å². The molecule has 2 N–H and O–H groups in total. The Kier molecular flexibility index (Phi) is 8.36. The average Bonchev–Trinajstić information content (AvgIpc) is 3.35. The summed E-state index contributed by atoms with van der Waals surface area (Å²) in [5.74, 6) is 1.43. The van der Waals surface area contributed by atoms with Crippen LogP contribution in [0.5, 0.6) is 0 Å². The molecule has 152 valence electrons. The van der Waals surface area contributed by atoms with E-state index >= 15 is 0 Å². The van der Waals surface area contributed by atoms with Crippen LogP contribution in [0.1, 0.15) is 45.1 Å². The SMILES string of the molecule is CCNC(=NCc1ccccc1S(=O)(=O)N1CCCCC1)NC1CC1C.I. The summed E-state index contributed by atoms with van der Waals surface area (Å²) in [6.45, 7) is 6.59. The molecule has 0 bridgehead atoms. The Morgan fingerprint density at radius 2 is 1.89 bits per heavy atom. The second-order valence-corrected chi connectivity index (χ2v) is 9.14. The van der Waals surface area contributed by atoms with Crippen molar-refractivity contribution >= 4 is 40.0 Å². The minimum atomic E-state index is -3.45. The van der Waals surface area contributed by atoms with Crippen LogP contribution in [0.15, 0.2) is 34.2 Å². The van der Waals surface area contributed by atoms with Gasteiger partial charge in [0, 0.05) is 25.7 Å². The van der Waals surface area contributed by atoms with E-state index < -0.39 is 10.0 Å². The molecule has 0 radical (unpaired) electrons. The number of halogens is 1. The van der Waals surface area contributed by atoms with Crippen LogP contribution in [0, 0.1) is 5.92 Å². The number of nitrogens with zero attached hydrogens (tertiary/aromatic N) is 2. The van der Waals surface area contributed by atoms with Crippen molar-refractivity contribution in [2.75, 3.05) is 19.6 Å². The first-order chi connectivity index (χ1) is 12.5. The number of rotatable bonds is 6. The van der Waals surface area contributed by atoms with Gasteiger partial charge in [-0.1, -0.05) is 31.5 Å². The van der Waals surface area contributed by atoms with Gasteiger partial charge in [-0.2, -0.15) is 4.31 Å². The van der Waals surface area contributed by atoms with Gasteiger partial charge in [0.2, 0.25) is 10.0 Å². The molecule has 0 spiro atoms. The van der Waals surface area contributed by atoms with Crippen molar-refractivity contribution in [3.8, 4) is 0 Å². The van der Waals surface area contributed by atoms with Crippen molar-refractivity contribution < 1.29 is 8.42 Å². The topological polar surface area (TPSA) is 73.8 Å². The van der Waals surface area contributed by atoms with Gasteiger partial charge in [0.1, 0.15) is 0 Å². The Balaban J connectivity index is 0.00000261. The summed E-state index contributed by atoms with van der Waals surface area (Å²) in [5.41, 5.74) is 0.749. The molecule has 0 aromatic heterocycles. The Labute approximate surface area is 180 Å². The number of aliphatic imine (C=N–C) groups is 1. The molecule has 2 atom stereocenters. The molecule has 2 fully saturated rings. The van der Waals surface area contributed by atoms with Gasteiger partial charge in [-0.05, 0) is 43.7 Å². The van der Waals surface area contributed by atoms with Gasteiger partial charge in [0.15, 0.2) is 5.96 Å². The molecule has 1 saturated heterocycles. The Morgan fingerprint density at radius 1 is 1.22 bits per heavy atom. The first-order valence-electron chi connectivity index (χ1n) is 9.65. The molecule has 27 heavy (non-hydrogen) atoms. The van der Waals surface area contributed by atoms with Crippen LogP contribution < -0.4 is 10.6 Å². The number of benzene rings is 1. The van der Waals surface area contributed by atoms with Crippen molar-refractivity contribution in [1.29, 1.82) is 0 Å². The maximum Gasteiger partial charge on any atom is 0.243 e. The molecular weight excluding hydrogens is 475 g/mol. The molecule has 1 aromatic carbocycles. The summed E-state index contributed by atoms with van der Waals surface area (Å²) in [5, 5.41) is 6.66. The van der Waals surface area contributed by atoms with Gasteiger partial charge in [0.25, 0.3) is 0 Å². The van der Waals surface area contributed by atoms with E-state index in [-0.39, 0.29) is 24.0 Å². The highest BCUT2D eigenvalue weighted by Gasteiger charge is 2.33. The first kappa shape index (κ1) is 22.4. The Bertz CT molecular complexity index is 748. The highest BCUT2D eigenvalue weighted by Crippen LogP contribution is 2.29. The van der Waals surface area contributed by atoms with Crippen LogP contribution in [0.2, 0.25) is 0 Å². The summed E-state index contributed by atoms with van der Waals surface area (Å²) in [7, 11) is -3.45. The standard InChI is InChI=1S/C19H30N4O2S.HI/c1-3-20-19(22-17-13-15(17)2)21-14-16-9-5-6-10-18(16)26(24,25)23-11-7-4-8-12-23;/h5-6,9-10,15,17H,3-4,7-8,11-14H2,1-2H3,(H2,20,21,22);1H. The summed E-state index contributed by atoms with van der Waals surface area (Å²) >= 11 is 0. The third-order valence-corrected chi connectivity index (χ3v) is 7.09. The third kappa shape index (κ3) is 5.80. The fraction of sp³-hybridized carbons (Fsp3) is 0.632. The van der Waals surface area contributed by atoms with Crippen LogP contribution >= 0.6 is 24.0 Å². The number of hydrogen-bond acceptors (Lipinski definition) is 3. The van der Waals surface area contributed by atoms with Crippen molar-refractivity contribution in [2.24, 2.45) is 10.9 Å². The molecule has 3 rings (SSSR count). The summed E-state index contributed by atoms with van der Waals surface area (Å²) < 4.78 is 27.7. The molecule has 2 unspecified atom stereocenters. The van der Waals surface area contributed by atoms with Crippen molar-refractivity contribution in [1.82, 2.24) is 14.9 Å². The third-order valence-electron chi connectivity index (χ3n) is 5.09. The van der Waals surface area contributed by atoms with Crippen LogP contribution in [-0.4, -0.2) is 44.4 Å². The monoisotopic (exact) mass is 506 g/mol. The number of hydrogen-bond donors (Lipinski definition) is 2. The molecule has 2 aliphatic rings. The lowest BCUT2D eigenvalue weighted by atomic mass is 10.2. The van der Waals surface area contributed by atoms with Gasteiger partial charge < -0.3 is 10.6 Å². The Morgan fingerprint density at radius 3 is 2.52 bits per heavy atom. The second-order valence-electron chi connectivity index (χ2n) is 7.23. The van der Waals surface area contributed by atoms with Crippen LogP contribution in [-0.2, 0) is 16.6 Å². The molecular formula is C19H31IN4O2S. The summed E-state index contributed by atoms with van der Waals surface area (Å²) in [4.78, 5) is 5.02. The van der Waals surface area contributed by atoms with Crippen molar-refractivity contribution in [2.45, 2.75) is 57.0 Å². The predicted octanol–water partition coefficient (Wildman–Crippen LogP) is 2.94. The van der Waals surface area contributed by atoms with Crippen molar-refractivity contribution in [3.63, 3.8) is 0 Å². The maximum atomic E-state index is 13.1. The van der Waals surface area contributed by atoms with Crippen LogP contribution in [0.3, 0.4) is 0 Å². The van der Waals surface area contributed by atoms with Crippen molar-refractivity contribution in [3.05, 3.63) is 29.8 Å². The quantitative estimate of drug-likeness (QED) is 0.354. The zero-order valence-electron chi connectivity index (χ0n) is 16.1. The highest BCUT2D eigenvalue weighted by molar-refractivity contribution is 14.0. The van der Waals surface area contributed by atoms with Crippen LogP contribution in [0.25, 0.3) is 0 Å². The average molecular weight is 506 g/mol. The van der Waals surface area contributed by atoms with Gasteiger partial charge >= 0.3 is 0 Å². The number of sulfonamides is 1. The van der Waals surface area contributed by atoms with E-state index in [4.69, 9.17) is 0 Å². The Hall–Kier alpha value is -0.870. The lowest BCUT2D eigenvalue weighted by Gasteiger charge is -2.26. The van der Waals surface area contributed by atoms with Gasteiger partial charge in [-0.15, -0.1) is 24.0 Å². The number of piperidine rings is 1. The van der Waals surface area contributed by atoms with E-state index in [1.54, 1.807) is 16.4 Å².